The average molecular weight is 243 g/mol. The molecule has 0 bridgehead atoms. The first-order chi connectivity index (χ1) is 8.18. The molecule has 0 atom stereocenters. The summed E-state index contributed by atoms with van der Waals surface area (Å²) in [6.45, 7) is 10.8. The highest BCUT2D eigenvalue weighted by Gasteiger charge is 2.22. The van der Waals surface area contributed by atoms with Crippen LogP contribution in [0.1, 0.15) is 98.8 Å². The molecule has 0 saturated carbocycles. The Morgan fingerprint density at radius 3 is 1.35 bits per heavy atom. The lowest BCUT2D eigenvalue weighted by Gasteiger charge is -2.29. The van der Waals surface area contributed by atoms with Crippen molar-refractivity contribution in [2.24, 2.45) is 5.73 Å². The lowest BCUT2D eigenvalue weighted by Crippen LogP contribution is -2.39. The molecule has 0 aliphatic carbocycles. The third-order valence-electron chi connectivity index (χ3n) is 3.33. The third kappa shape index (κ3) is 12.2. The van der Waals surface area contributed by atoms with Gasteiger partial charge in [0.2, 0.25) is 0 Å². The molecule has 106 valence electrons. The van der Waals surface area contributed by atoms with Gasteiger partial charge in [0.1, 0.15) is 0 Å². The molecule has 0 radical (unpaired) electrons. The van der Waals surface area contributed by atoms with E-state index in [0.717, 1.165) is 0 Å². The molecular formula is C16H37N. The fraction of sp³-hybridized carbons (Fsp3) is 1.00. The standard InChI is InChI=1S/C14H31N.C2H6/c1-4-7-10-13-14(15,11-8-5-2)12-9-6-3;1-2/h4-13,15H2,1-3H3;1-2H3. The van der Waals surface area contributed by atoms with Gasteiger partial charge in [0.15, 0.2) is 0 Å². The number of nitrogens with two attached hydrogens (primary N) is 1. The fourth-order valence-electron chi connectivity index (χ4n) is 2.16. The van der Waals surface area contributed by atoms with E-state index < -0.39 is 0 Å². The predicted molar refractivity (Wildman–Crippen MR) is 81.5 cm³/mol. The van der Waals surface area contributed by atoms with Gasteiger partial charge in [-0.25, -0.2) is 0 Å². The number of rotatable bonds is 10. The maximum Gasteiger partial charge on any atom is 0.0154 e. The molecule has 0 spiro atoms. The first kappa shape index (κ1) is 19.3. The van der Waals surface area contributed by atoms with Crippen molar-refractivity contribution >= 4 is 0 Å². The van der Waals surface area contributed by atoms with Crippen LogP contribution in [0.2, 0.25) is 0 Å². The maximum absolute atomic E-state index is 6.51. The van der Waals surface area contributed by atoms with Crippen LogP contribution in [-0.4, -0.2) is 5.54 Å². The SMILES string of the molecule is CC.CCCCCC(N)(CCCC)CCCC. The van der Waals surface area contributed by atoms with Crippen LogP contribution in [0.3, 0.4) is 0 Å². The molecule has 0 rings (SSSR count). The highest BCUT2D eigenvalue weighted by atomic mass is 14.7. The molecule has 17 heavy (non-hydrogen) atoms. The predicted octanol–water partition coefficient (Wildman–Crippen LogP) is 5.67. The highest BCUT2D eigenvalue weighted by Crippen LogP contribution is 2.25. The molecule has 0 fully saturated rings. The first-order valence-electron chi connectivity index (χ1n) is 7.97. The summed E-state index contributed by atoms with van der Waals surface area (Å²) in [5.74, 6) is 0. The van der Waals surface area contributed by atoms with Crippen LogP contribution in [0.5, 0.6) is 0 Å². The second kappa shape index (κ2) is 14.0. The average Bonchev–Trinajstić information content (AvgIpc) is 2.37. The Hall–Kier alpha value is -0.0400. The minimum Gasteiger partial charge on any atom is -0.325 e. The van der Waals surface area contributed by atoms with E-state index in [0.29, 0.717) is 0 Å². The minimum absolute atomic E-state index is 0.154. The second-order valence-electron chi connectivity index (χ2n) is 5.03. The zero-order chi connectivity index (χ0) is 13.6. The van der Waals surface area contributed by atoms with Gasteiger partial charge in [-0.05, 0) is 19.3 Å². The molecular weight excluding hydrogens is 206 g/mol. The van der Waals surface area contributed by atoms with Gasteiger partial charge in [0.05, 0.1) is 0 Å². The van der Waals surface area contributed by atoms with E-state index in [1.54, 1.807) is 0 Å². The van der Waals surface area contributed by atoms with Crippen LogP contribution in [0, 0.1) is 0 Å². The fourth-order valence-corrected chi connectivity index (χ4v) is 2.16. The number of hydrogen-bond donors (Lipinski definition) is 1. The van der Waals surface area contributed by atoms with E-state index in [-0.39, 0.29) is 5.54 Å². The Morgan fingerprint density at radius 1 is 0.647 bits per heavy atom. The summed E-state index contributed by atoms with van der Waals surface area (Å²) in [5.41, 5.74) is 6.66. The minimum atomic E-state index is 0.154. The number of hydrogen-bond acceptors (Lipinski definition) is 1. The van der Waals surface area contributed by atoms with Crippen LogP contribution < -0.4 is 5.73 Å². The topological polar surface area (TPSA) is 26.0 Å². The van der Waals surface area contributed by atoms with E-state index in [4.69, 9.17) is 5.73 Å². The van der Waals surface area contributed by atoms with E-state index in [9.17, 15) is 0 Å². The largest absolute Gasteiger partial charge is 0.325 e. The molecule has 0 aromatic carbocycles. The van der Waals surface area contributed by atoms with Gasteiger partial charge in [-0.15, -0.1) is 0 Å². The van der Waals surface area contributed by atoms with Crippen molar-refractivity contribution < 1.29 is 0 Å². The Bertz CT molecular complexity index is 123. The Kier molecular flexibility index (Phi) is 15.9. The molecule has 1 nitrogen and oxygen atoms in total. The summed E-state index contributed by atoms with van der Waals surface area (Å²) in [6, 6.07) is 0. The molecule has 0 saturated heterocycles. The van der Waals surface area contributed by atoms with Gasteiger partial charge in [-0.2, -0.15) is 0 Å². The zero-order valence-electron chi connectivity index (χ0n) is 13.1. The Balaban J connectivity index is 0. The van der Waals surface area contributed by atoms with Gasteiger partial charge in [-0.3, -0.25) is 0 Å². The summed E-state index contributed by atoms with van der Waals surface area (Å²) < 4.78 is 0. The van der Waals surface area contributed by atoms with Crippen molar-refractivity contribution in [3.05, 3.63) is 0 Å². The first-order valence-corrected chi connectivity index (χ1v) is 7.97. The molecule has 0 heterocycles. The normalized spacial score (nSPS) is 10.9. The third-order valence-corrected chi connectivity index (χ3v) is 3.33. The van der Waals surface area contributed by atoms with E-state index in [1.807, 2.05) is 13.8 Å². The van der Waals surface area contributed by atoms with Gasteiger partial charge in [-0.1, -0.05) is 79.6 Å². The van der Waals surface area contributed by atoms with Crippen LogP contribution in [0.25, 0.3) is 0 Å². The van der Waals surface area contributed by atoms with E-state index in [1.165, 1.54) is 64.2 Å². The maximum atomic E-state index is 6.51. The number of unbranched alkanes of at least 4 members (excludes halogenated alkanes) is 4. The second-order valence-corrected chi connectivity index (χ2v) is 5.03. The lowest BCUT2D eigenvalue weighted by atomic mass is 9.83. The summed E-state index contributed by atoms with van der Waals surface area (Å²) in [5, 5.41) is 0. The molecule has 0 unspecified atom stereocenters. The summed E-state index contributed by atoms with van der Waals surface area (Å²) in [7, 11) is 0. The molecule has 0 aliphatic rings. The molecule has 0 aromatic rings. The van der Waals surface area contributed by atoms with Crippen LogP contribution in [0.15, 0.2) is 0 Å². The molecule has 0 amide bonds. The summed E-state index contributed by atoms with van der Waals surface area (Å²) >= 11 is 0. The van der Waals surface area contributed by atoms with Crippen LogP contribution in [0.4, 0.5) is 0 Å². The van der Waals surface area contributed by atoms with Gasteiger partial charge in [0.25, 0.3) is 0 Å². The summed E-state index contributed by atoms with van der Waals surface area (Å²) in [6.07, 6.45) is 12.8. The lowest BCUT2D eigenvalue weighted by molar-refractivity contribution is 0.310. The van der Waals surface area contributed by atoms with Gasteiger partial charge >= 0.3 is 0 Å². The quantitative estimate of drug-likeness (QED) is 0.491. The van der Waals surface area contributed by atoms with Crippen molar-refractivity contribution in [3.8, 4) is 0 Å². The molecule has 0 aliphatic heterocycles. The van der Waals surface area contributed by atoms with E-state index >= 15 is 0 Å². The van der Waals surface area contributed by atoms with Crippen molar-refractivity contribution in [3.63, 3.8) is 0 Å². The van der Waals surface area contributed by atoms with Crippen molar-refractivity contribution in [2.45, 2.75) is 104 Å². The van der Waals surface area contributed by atoms with E-state index in [2.05, 4.69) is 20.8 Å². The molecule has 1 heteroatoms. The summed E-state index contributed by atoms with van der Waals surface area (Å²) in [4.78, 5) is 0. The Labute approximate surface area is 111 Å². The highest BCUT2D eigenvalue weighted by molar-refractivity contribution is 4.83. The van der Waals surface area contributed by atoms with Crippen LogP contribution >= 0.6 is 0 Å². The zero-order valence-corrected chi connectivity index (χ0v) is 13.1. The van der Waals surface area contributed by atoms with Crippen molar-refractivity contribution in [1.82, 2.24) is 0 Å². The monoisotopic (exact) mass is 243 g/mol. The van der Waals surface area contributed by atoms with Crippen LogP contribution in [-0.2, 0) is 0 Å². The Morgan fingerprint density at radius 2 is 1.00 bits per heavy atom. The van der Waals surface area contributed by atoms with Crippen molar-refractivity contribution in [1.29, 1.82) is 0 Å². The molecule has 0 aromatic heterocycles. The van der Waals surface area contributed by atoms with Crippen molar-refractivity contribution in [2.75, 3.05) is 0 Å². The van der Waals surface area contributed by atoms with Gasteiger partial charge < -0.3 is 5.73 Å². The van der Waals surface area contributed by atoms with Gasteiger partial charge in [0, 0.05) is 5.54 Å². The smallest absolute Gasteiger partial charge is 0.0154 e. The molecule has 2 N–H and O–H groups in total.